The van der Waals surface area contributed by atoms with Crippen LogP contribution in [0.2, 0.25) is 0 Å². The summed E-state index contributed by atoms with van der Waals surface area (Å²) in [5.41, 5.74) is 0. The lowest BCUT2D eigenvalue weighted by Gasteiger charge is -2.12. The molecule has 0 fully saturated rings. The van der Waals surface area contributed by atoms with E-state index in [0.717, 1.165) is 31.9 Å². The Labute approximate surface area is 134 Å². The quantitative estimate of drug-likeness (QED) is 0.259. The highest BCUT2D eigenvalue weighted by Crippen LogP contribution is 1.89. The average molecular weight is 384 g/mol. The average Bonchev–Trinajstić information content (AvgIpc) is 2.34. The van der Waals surface area contributed by atoms with Crippen LogP contribution in [0.1, 0.15) is 40.5 Å². The Kier molecular flexibility index (Phi) is 15.2. The molecule has 19 heavy (non-hydrogen) atoms. The molecule has 0 saturated heterocycles. The van der Waals surface area contributed by atoms with Crippen molar-refractivity contribution in [2.24, 2.45) is 10.9 Å². The zero-order valence-electron chi connectivity index (χ0n) is 12.6. The summed E-state index contributed by atoms with van der Waals surface area (Å²) in [4.78, 5) is 15.8. The van der Waals surface area contributed by atoms with E-state index in [1.165, 1.54) is 0 Å². The second-order valence-corrected chi connectivity index (χ2v) is 4.49. The molecule has 0 aromatic heterocycles. The molecule has 0 rings (SSSR count). The molecule has 114 valence electrons. The van der Waals surface area contributed by atoms with E-state index in [0.29, 0.717) is 13.1 Å². The molecule has 0 aliphatic heterocycles. The zero-order chi connectivity index (χ0) is 13.8. The van der Waals surface area contributed by atoms with Crippen LogP contribution in [-0.2, 0) is 4.79 Å². The van der Waals surface area contributed by atoms with Crippen LogP contribution in [-0.4, -0.2) is 38.0 Å². The van der Waals surface area contributed by atoms with Crippen molar-refractivity contribution in [3.8, 4) is 0 Å². The van der Waals surface area contributed by atoms with Gasteiger partial charge in [-0.2, -0.15) is 0 Å². The van der Waals surface area contributed by atoms with Gasteiger partial charge in [0.25, 0.3) is 0 Å². The molecule has 0 aliphatic carbocycles. The topological polar surface area (TPSA) is 65.5 Å². The first-order valence-electron chi connectivity index (χ1n) is 6.91. The Morgan fingerprint density at radius 2 is 1.74 bits per heavy atom. The SMILES string of the molecule is CCCCN=C(NCC)NCCNC(=O)C(C)C.I. The number of carbonyl (C=O) groups is 1. The van der Waals surface area contributed by atoms with E-state index in [1.807, 2.05) is 20.8 Å². The van der Waals surface area contributed by atoms with Crippen LogP contribution in [0.25, 0.3) is 0 Å². The number of carbonyl (C=O) groups excluding carboxylic acids is 1. The van der Waals surface area contributed by atoms with Crippen molar-refractivity contribution in [3.05, 3.63) is 0 Å². The highest BCUT2D eigenvalue weighted by molar-refractivity contribution is 14.0. The molecule has 0 aliphatic rings. The summed E-state index contributed by atoms with van der Waals surface area (Å²) in [5, 5.41) is 9.24. The molecular weight excluding hydrogens is 355 g/mol. The number of amides is 1. The van der Waals surface area contributed by atoms with E-state index < -0.39 is 0 Å². The summed E-state index contributed by atoms with van der Waals surface area (Å²) in [5.74, 6) is 0.950. The Morgan fingerprint density at radius 3 is 2.26 bits per heavy atom. The molecule has 6 heteroatoms. The summed E-state index contributed by atoms with van der Waals surface area (Å²) in [6.45, 7) is 11.0. The standard InChI is InChI=1S/C13H28N4O.HI/c1-5-7-8-16-13(14-6-2)17-10-9-15-12(18)11(3)4;/h11H,5-10H2,1-4H3,(H,15,18)(H2,14,16,17);1H. The number of guanidine groups is 1. The van der Waals surface area contributed by atoms with Gasteiger partial charge in [0.15, 0.2) is 5.96 Å². The fourth-order valence-corrected chi connectivity index (χ4v) is 1.26. The van der Waals surface area contributed by atoms with Crippen molar-refractivity contribution < 1.29 is 4.79 Å². The maximum atomic E-state index is 11.3. The van der Waals surface area contributed by atoms with Crippen molar-refractivity contribution in [3.63, 3.8) is 0 Å². The maximum Gasteiger partial charge on any atom is 0.222 e. The van der Waals surface area contributed by atoms with Gasteiger partial charge in [-0.15, -0.1) is 24.0 Å². The second kappa shape index (κ2) is 13.9. The third kappa shape index (κ3) is 12.3. The number of aliphatic imine (C=N–C) groups is 1. The van der Waals surface area contributed by atoms with Gasteiger partial charge in [0.1, 0.15) is 0 Å². The van der Waals surface area contributed by atoms with Gasteiger partial charge in [0.2, 0.25) is 5.91 Å². The molecule has 0 radical (unpaired) electrons. The summed E-state index contributed by atoms with van der Waals surface area (Å²) in [7, 11) is 0. The number of rotatable bonds is 8. The van der Waals surface area contributed by atoms with Crippen molar-refractivity contribution in [2.75, 3.05) is 26.2 Å². The lowest BCUT2D eigenvalue weighted by molar-refractivity contribution is -0.123. The number of nitrogens with one attached hydrogen (secondary N) is 3. The van der Waals surface area contributed by atoms with Crippen molar-refractivity contribution in [1.82, 2.24) is 16.0 Å². The van der Waals surface area contributed by atoms with Crippen molar-refractivity contribution >= 4 is 35.8 Å². The highest BCUT2D eigenvalue weighted by atomic mass is 127. The van der Waals surface area contributed by atoms with Crippen molar-refractivity contribution in [2.45, 2.75) is 40.5 Å². The monoisotopic (exact) mass is 384 g/mol. The van der Waals surface area contributed by atoms with Crippen LogP contribution in [0.4, 0.5) is 0 Å². The summed E-state index contributed by atoms with van der Waals surface area (Å²) < 4.78 is 0. The van der Waals surface area contributed by atoms with Gasteiger partial charge in [0, 0.05) is 32.1 Å². The van der Waals surface area contributed by atoms with E-state index in [4.69, 9.17) is 0 Å². The van der Waals surface area contributed by atoms with Gasteiger partial charge in [0.05, 0.1) is 0 Å². The summed E-state index contributed by atoms with van der Waals surface area (Å²) in [6.07, 6.45) is 2.24. The summed E-state index contributed by atoms with van der Waals surface area (Å²) in [6, 6.07) is 0. The lowest BCUT2D eigenvalue weighted by atomic mass is 10.2. The number of hydrogen-bond donors (Lipinski definition) is 3. The second-order valence-electron chi connectivity index (χ2n) is 4.49. The molecule has 0 unspecified atom stereocenters. The predicted molar refractivity (Wildman–Crippen MR) is 92.2 cm³/mol. The molecule has 1 amide bonds. The normalized spacial score (nSPS) is 10.9. The van der Waals surface area contributed by atoms with E-state index in [2.05, 4.69) is 27.9 Å². The van der Waals surface area contributed by atoms with Crippen LogP contribution in [0, 0.1) is 5.92 Å². The number of nitrogens with zero attached hydrogens (tertiary/aromatic N) is 1. The van der Waals surface area contributed by atoms with Gasteiger partial charge in [-0.05, 0) is 13.3 Å². The summed E-state index contributed by atoms with van der Waals surface area (Å²) >= 11 is 0. The Bertz CT molecular complexity index is 257. The maximum absolute atomic E-state index is 11.3. The molecule has 0 heterocycles. The van der Waals surface area contributed by atoms with Crippen molar-refractivity contribution in [1.29, 1.82) is 0 Å². The van der Waals surface area contributed by atoms with Gasteiger partial charge >= 0.3 is 0 Å². The number of hydrogen-bond acceptors (Lipinski definition) is 2. The molecule has 3 N–H and O–H groups in total. The van der Waals surface area contributed by atoms with Gasteiger partial charge in [-0.1, -0.05) is 27.2 Å². The van der Waals surface area contributed by atoms with Crippen LogP contribution >= 0.6 is 24.0 Å². The molecule has 0 spiro atoms. The third-order valence-corrected chi connectivity index (χ3v) is 2.37. The molecule has 0 bridgehead atoms. The van der Waals surface area contributed by atoms with Crippen LogP contribution in [0.15, 0.2) is 4.99 Å². The number of unbranched alkanes of at least 4 members (excludes halogenated alkanes) is 1. The minimum atomic E-state index is 0. The van der Waals surface area contributed by atoms with E-state index >= 15 is 0 Å². The minimum Gasteiger partial charge on any atom is -0.357 e. The third-order valence-electron chi connectivity index (χ3n) is 2.37. The first kappa shape index (κ1) is 20.8. The molecule has 0 aromatic rings. The Hall–Kier alpha value is -0.530. The van der Waals surface area contributed by atoms with Gasteiger partial charge < -0.3 is 16.0 Å². The fourth-order valence-electron chi connectivity index (χ4n) is 1.26. The first-order valence-corrected chi connectivity index (χ1v) is 6.91. The predicted octanol–water partition coefficient (Wildman–Crippen LogP) is 1.73. The van der Waals surface area contributed by atoms with Gasteiger partial charge in [-0.25, -0.2) is 0 Å². The van der Waals surface area contributed by atoms with Gasteiger partial charge in [-0.3, -0.25) is 9.79 Å². The highest BCUT2D eigenvalue weighted by Gasteiger charge is 2.04. The molecule has 0 aromatic carbocycles. The fraction of sp³-hybridized carbons (Fsp3) is 0.846. The Morgan fingerprint density at radius 1 is 1.11 bits per heavy atom. The van der Waals surface area contributed by atoms with E-state index in [9.17, 15) is 4.79 Å². The molecule has 0 saturated carbocycles. The van der Waals surface area contributed by atoms with Crippen LogP contribution < -0.4 is 16.0 Å². The minimum absolute atomic E-state index is 0. The van der Waals surface area contributed by atoms with E-state index in [1.54, 1.807) is 0 Å². The number of halogens is 1. The molecule has 5 nitrogen and oxygen atoms in total. The first-order chi connectivity index (χ1) is 8.61. The largest absolute Gasteiger partial charge is 0.357 e. The Balaban J connectivity index is 0. The van der Waals surface area contributed by atoms with E-state index in [-0.39, 0.29) is 35.8 Å². The lowest BCUT2D eigenvalue weighted by Crippen LogP contribution is -2.42. The zero-order valence-corrected chi connectivity index (χ0v) is 14.9. The molecule has 0 atom stereocenters. The van der Waals surface area contributed by atoms with Crippen LogP contribution in [0.3, 0.4) is 0 Å². The van der Waals surface area contributed by atoms with Crippen LogP contribution in [0.5, 0.6) is 0 Å². The molecular formula is C13H29IN4O. The smallest absolute Gasteiger partial charge is 0.222 e.